The standard InChI is InChI=1S/C27H29N7OS/c1-18-8-6-9-19(2)24(18)34-23(28-31-32-34)17-36-26-30-29-25(33(26)16-22-10-7-15-35-22)20-11-13-21(14-12-20)27(3,4)5/h6-15H,16-17H2,1-5H3. The van der Waals surface area contributed by atoms with Crippen LogP contribution in [0.4, 0.5) is 0 Å². The molecule has 3 heterocycles. The lowest BCUT2D eigenvalue weighted by Crippen LogP contribution is -2.10. The van der Waals surface area contributed by atoms with Gasteiger partial charge >= 0.3 is 0 Å². The van der Waals surface area contributed by atoms with Crippen molar-refractivity contribution >= 4 is 11.8 Å². The van der Waals surface area contributed by atoms with Crippen molar-refractivity contribution in [1.82, 2.24) is 35.0 Å². The number of thioether (sulfide) groups is 1. The van der Waals surface area contributed by atoms with Crippen LogP contribution in [0.15, 0.2) is 70.4 Å². The van der Waals surface area contributed by atoms with Crippen LogP contribution in [0.25, 0.3) is 17.1 Å². The molecule has 0 aliphatic heterocycles. The molecule has 0 amide bonds. The number of tetrazole rings is 1. The zero-order valence-corrected chi connectivity index (χ0v) is 22.0. The number of aryl methyl sites for hydroxylation is 2. The van der Waals surface area contributed by atoms with E-state index in [1.165, 1.54) is 5.56 Å². The Morgan fingerprint density at radius 3 is 2.31 bits per heavy atom. The molecule has 0 spiro atoms. The predicted molar refractivity (Wildman–Crippen MR) is 140 cm³/mol. The molecule has 5 aromatic rings. The molecule has 0 aliphatic rings. The first-order valence-electron chi connectivity index (χ1n) is 11.8. The Morgan fingerprint density at radius 2 is 1.64 bits per heavy atom. The monoisotopic (exact) mass is 499 g/mol. The number of hydrogen-bond donors (Lipinski definition) is 0. The molecule has 0 bridgehead atoms. The van der Waals surface area contributed by atoms with Gasteiger partial charge in [-0.3, -0.25) is 4.57 Å². The SMILES string of the molecule is Cc1cccc(C)c1-n1nnnc1CSc1nnc(-c2ccc(C(C)(C)C)cc2)n1Cc1ccco1. The first-order valence-corrected chi connectivity index (χ1v) is 12.8. The van der Waals surface area contributed by atoms with Gasteiger partial charge in [-0.15, -0.1) is 15.3 Å². The third kappa shape index (κ3) is 4.83. The third-order valence-electron chi connectivity index (χ3n) is 6.14. The third-order valence-corrected chi connectivity index (χ3v) is 7.10. The van der Waals surface area contributed by atoms with E-state index in [1.807, 2.05) is 22.9 Å². The predicted octanol–water partition coefficient (Wildman–Crippen LogP) is 5.77. The average molecular weight is 500 g/mol. The van der Waals surface area contributed by atoms with Crippen LogP contribution in [0.1, 0.15) is 49.0 Å². The van der Waals surface area contributed by atoms with E-state index in [-0.39, 0.29) is 5.41 Å². The van der Waals surface area contributed by atoms with Gasteiger partial charge in [-0.05, 0) is 58.5 Å². The fraction of sp³-hybridized carbons (Fsp3) is 0.296. The van der Waals surface area contributed by atoms with E-state index in [4.69, 9.17) is 4.42 Å². The largest absolute Gasteiger partial charge is 0.467 e. The lowest BCUT2D eigenvalue weighted by molar-refractivity contribution is 0.485. The highest BCUT2D eigenvalue weighted by atomic mass is 32.2. The van der Waals surface area contributed by atoms with E-state index in [1.54, 1.807) is 18.0 Å². The zero-order valence-electron chi connectivity index (χ0n) is 21.1. The maximum atomic E-state index is 5.65. The normalized spacial score (nSPS) is 11.8. The molecular weight excluding hydrogens is 470 g/mol. The van der Waals surface area contributed by atoms with Crippen molar-refractivity contribution in [1.29, 1.82) is 0 Å². The van der Waals surface area contributed by atoms with Gasteiger partial charge in [0.15, 0.2) is 16.8 Å². The number of benzene rings is 2. The highest BCUT2D eigenvalue weighted by Crippen LogP contribution is 2.30. The zero-order chi connectivity index (χ0) is 25.3. The minimum Gasteiger partial charge on any atom is -0.467 e. The molecule has 0 saturated carbocycles. The van der Waals surface area contributed by atoms with E-state index >= 15 is 0 Å². The fourth-order valence-corrected chi connectivity index (χ4v) is 5.01. The number of rotatable bonds is 7. The summed E-state index contributed by atoms with van der Waals surface area (Å²) in [5.74, 6) is 2.93. The van der Waals surface area contributed by atoms with Crippen LogP contribution in [0.3, 0.4) is 0 Å². The summed E-state index contributed by atoms with van der Waals surface area (Å²) in [7, 11) is 0. The van der Waals surface area contributed by atoms with Gasteiger partial charge in [-0.1, -0.05) is 75.0 Å². The highest BCUT2D eigenvalue weighted by molar-refractivity contribution is 7.98. The fourth-order valence-electron chi connectivity index (χ4n) is 4.17. The van der Waals surface area contributed by atoms with Crippen LogP contribution in [0.5, 0.6) is 0 Å². The molecule has 0 fully saturated rings. The van der Waals surface area contributed by atoms with Gasteiger partial charge in [0, 0.05) is 5.56 Å². The molecule has 0 atom stereocenters. The van der Waals surface area contributed by atoms with Gasteiger partial charge in [0.05, 0.1) is 24.2 Å². The van der Waals surface area contributed by atoms with Crippen molar-refractivity contribution in [2.45, 2.75) is 57.5 Å². The Morgan fingerprint density at radius 1 is 0.889 bits per heavy atom. The summed E-state index contributed by atoms with van der Waals surface area (Å²) in [5.41, 5.74) is 5.62. The maximum absolute atomic E-state index is 5.65. The Bertz CT molecular complexity index is 1440. The van der Waals surface area contributed by atoms with E-state index in [0.717, 1.165) is 44.9 Å². The van der Waals surface area contributed by atoms with Crippen molar-refractivity contribution in [3.8, 4) is 17.1 Å². The summed E-state index contributed by atoms with van der Waals surface area (Å²) in [6, 6.07) is 18.6. The average Bonchev–Trinajstić information content (AvgIpc) is 3.60. The summed E-state index contributed by atoms with van der Waals surface area (Å²) >= 11 is 1.55. The molecule has 0 aliphatic carbocycles. The number of aromatic nitrogens is 7. The van der Waals surface area contributed by atoms with E-state index < -0.39 is 0 Å². The Balaban J connectivity index is 1.46. The summed E-state index contributed by atoms with van der Waals surface area (Å²) in [6.45, 7) is 11.3. The van der Waals surface area contributed by atoms with Crippen LogP contribution in [-0.4, -0.2) is 35.0 Å². The van der Waals surface area contributed by atoms with Crippen molar-refractivity contribution in [3.63, 3.8) is 0 Å². The summed E-state index contributed by atoms with van der Waals surface area (Å²) in [6.07, 6.45) is 1.68. The first-order chi connectivity index (χ1) is 17.3. The van der Waals surface area contributed by atoms with Crippen LogP contribution in [0, 0.1) is 13.8 Å². The van der Waals surface area contributed by atoms with Gasteiger partial charge in [0.2, 0.25) is 0 Å². The molecule has 184 valence electrons. The number of furan rings is 1. The van der Waals surface area contributed by atoms with Gasteiger partial charge in [-0.25, -0.2) is 0 Å². The summed E-state index contributed by atoms with van der Waals surface area (Å²) in [5, 5.41) is 22.4. The quantitative estimate of drug-likeness (QED) is 0.263. The molecule has 2 aromatic carbocycles. The molecule has 9 heteroatoms. The molecule has 0 saturated heterocycles. The van der Waals surface area contributed by atoms with E-state index in [9.17, 15) is 0 Å². The lowest BCUT2D eigenvalue weighted by Gasteiger charge is -2.19. The number of nitrogens with zero attached hydrogens (tertiary/aromatic N) is 7. The topological polar surface area (TPSA) is 87.5 Å². The highest BCUT2D eigenvalue weighted by Gasteiger charge is 2.20. The van der Waals surface area contributed by atoms with Crippen molar-refractivity contribution in [3.05, 3.63) is 89.1 Å². The molecule has 5 rings (SSSR count). The van der Waals surface area contributed by atoms with E-state index in [0.29, 0.717) is 12.3 Å². The maximum Gasteiger partial charge on any atom is 0.192 e. The number of hydrogen-bond acceptors (Lipinski definition) is 7. The van der Waals surface area contributed by atoms with Gasteiger partial charge in [0.25, 0.3) is 0 Å². The van der Waals surface area contributed by atoms with Crippen LogP contribution >= 0.6 is 11.8 Å². The second kappa shape index (κ2) is 9.73. The number of para-hydroxylation sites is 1. The van der Waals surface area contributed by atoms with Gasteiger partial charge < -0.3 is 4.42 Å². The van der Waals surface area contributed by atoms with Crippen LogP contribution in [0.2, 0.25) is 0 Å². The van der Waals surface area contributed by atoms with Crippen molar-refractivity contribution in [2.75, 3.05) is 0 Å². The van der Waals surface area contributed by atoms with Crippen molar-refractivity contribution < 1.29 is 4.42 Å². The Kier molecular flexibility index (Phi) is 6.49. The van der Waals surface area contributed by atoms with Crippen LogP contribution in [-0.2, 0) is 17.7 Å². The molecule has 8 nitrogen and oxygen atoms in total. The summed E-state index contributed by atoms with van der Waals surface area (Å²) < 4.78 is 9.55. The molecule has 36 heavy (non-hydrogen) atoms. The molecular formula is C27H29N7OS. The first kappa shape index (κ1) is 24.0. The second-order valence-corrected chi connectivity index (χ2v) is 10.8. The van der Waals surface area contributed by atoms with Crippen LogP contribution < -0.4 is 0 Å². The molecule has 3 aromatic heterocycles. The van der Waals surface area contributed by atoms with E-state index in [2.05, 4.69) is 101 Å². The molecule has 0 unspecified atom stereocenters. The Labute approximate surface area is 214 Å². The van der Waals surface area contributed by atoms with Gasteiger partial charge in [0.1, 0.15) is 5.76 Å². The molecule has 0 N–H and O–H groups in total. The van der Waals surface area contributed by atoms with Crippen molar-refractivity contribution in [2.24, 2.45) is 0 Å². The summed E-state index contributed by atoms with van der Waals surface area (Å²) in [4.78, 5) is 0. The van der Waals surface area contributed by atoms with Gasteiger partial charge in [-0.2, -0.15) is 4.68 Å². The minimum atomic E-state index is 0.0842. The smallest absolute Gasteiger partial charge is 0.192 e. The second-order valence-electron chi connectivity index (χ2n) is 9.84. The molecule has 0 radical (unpaired) electrons. The Hall–Kier alpha value is -3.72. The minimum absolute atomic E-state index is 0.0842. The lowest BCUT2D eigenvalue weighted by atomic mass is 9.87.